The van der Waals surface area contributed by atoms with E-state index in [1.165, 1.54) is 0 Å². The van der Waals surface area contributed by atoms with Crippen LogP contribution in [-0.4, -0.2) is 49.2 Å². The molecule has 0 saturated carbocycles. The summed E-state index contributed by atoms with van der Waals surface area (Å²) in [7, 11) is 1.82. The van der Waals surface area contributed by atoms with Crippen LogP contribution in [0.25, 0.3) is 0 Å². The Morgan fingerprint density at radius 1 is 1.50 bits per heavy atom. The van der Waals surface area contributed by atoms with Gasteiger partial charge >= 0.3 is 0 Å². The van der Waals surface area contributed by atoms with Gasteiger partial charge in [0, 0.05) is 26.2 Å². The van der Waals surface area contributed by atoms with E-state index < -0.39 is 0 Å². The van der Waals surface area contributed by atoms with E-state index in [1.54, 1.807) is 5.12 Å². The third-order valence-electron chi connectivity index (χ3n) is 2.11. The first-order valence-electron chi connectivity index (χ1n) is 4.54. The normalized spacial score (nSPS) is 22.7. The molecular weight excluding hydrogens is 204 g/mol. The molecule has 0 unspecified atom stereocenters. The maximum Gasteiger partial charge on any atom is 0.153 e. The third kappa shape index (κ3) is 2.10. The fourth-order valence-electron chi connectivity index (χ4n) is 1.45. The molecule has 0 amide bonds. The van der Waals surface area contributed by atoms with Gasteiger partial charge in [-0.1, -0.05) is 11.6 Å². The molecule has 78 valence electrons. The molecule has 0 atom stereocenters. The van der Waals surface area contributed by atoms with Gasteiger partial charge in [0.25, 0.3) is 0 Å². The molecule has 14 heavy (non-hydrogen) atoms. The van der Waals surface area contributed by atoms with E-state index in [4.69, 9.17) is 16.3 Å². The number of halogens is 1. The van der Waals surface area contributed by atoms with Crippen molar-refractivity contribution in [1.82, 2.24) is 15.4 Å². The number of ether oxygens (including phenoxy) is 1. The number of morpholine rings is 1. The van der Waals surface area contributed by atoms with Crippen LogP contribution in [-0.2, 0) is 4.74 Å². The van der Waals surface area contributed by atoms with Crippen molar-refractivity contribution in [3.63, 3.8) is 0 Å². The Bertz CT molecular complexity index is 273. The number of hydrogen-bond donors (Lipinski definition) is 1. The van der Waals surface area contributed by atoms with Crippen LogP contribution >= 0.6 is 11.6 Å². The van der Waals surface area contributed by atoms with Gasteiger partial charge in [-0.2, -0.15) is 0 Å². The largest absolute Gasteiger partial charge is 0.378 e. The monoisotopic (exact) mass is 216 g/mol. The molecule has 2 heterocycles. The zero-order valence-electron chi connectivity index (χ0n) is 8.03. The van der Waals surface area contributed by atoms with E-state index in [1.807, 2.05) is 13.1 Å². The number of nitrogens with one attached hydrogen (secondary N) is 1. The molecule has 0 bridgehead atoms. The van der Waals surface area contributed by atoms with Crippen molar-refractivity contribution in [3.8, 4) is 0 Å². The quantitative estimate of drug-likeness (QED) is 0.586. The zero-order chi connectivity index (χ0) is 9.97. The first-order valence-corrected chi connectivity index (χ1v) is 4.92. The summed E-state index contributed by atoms with van der Waals surface area (Å²) in [5.74, 6) is 0.888. The number of hydrogen-bond acceptors (Lipinski definition) is 5. The minimum absolute atomic E-state index is 0.587. The second-order valence-electron chi connectivity index (χ2n) is 3.19. The topological polar surface area (TPSA) is 40.1 Å². The minimum Gasteiger partial charge on any atom is -0.378 e. The summed E-state index contributed by atoms with van der Waals surface area (Å²) in [6.45, 7) is 3.24. The second kappa shape index (κ2) is 4.06. The first kappa shape index (κ1) is 9.61. The van der Waals surface area contributed by atoms with Crippen molar-refractivity contribution in [2.24, 2.45) is 5.10 Å². The molecule has 0 aromatic rings. The molecule has 5 nitrogen and oxygen atoms in total. The van der Waals surface area contributed by atoms with Gasteiger partial charge in [0.05, 0.1) is 13.2 Å². The molecule has 0 aromatic carbocycles. The summed E-state index contributed by atoms with van der Waals surface area (Å²) >= 11 is 5.90. The third-order valence-corrected chi connectivity index (χ3v) is 2.31. The van der Waals surface area contributed by atoms with Crippen LogP contribution < -0.4 is 5.43 Å². The van der Waals surface area contributed by atoms with Gasteiger partial charge in [0.1, 0.15) is 5.16 Å². The van der Waals surface area contributed by atoms with Crippen molar-refractivity contribution in [3.05, 3.63) is 11.2 Å². The highest BCUT2D eigenvalue weighted by Gasteiger charge is 2.17. The molecule has 2 rings (SSSR count). The van der Waals surface area contributed by atoms with Gasteiger partial charge in [0.15, 0.2) is 5.84 Å². The van der Waals surface area contributed by atoms with Crippen LogP contribution in [0.1, 0.15) is 0 Å². The molecule has 1 N–H and O–H groups in total. The standard InChI is InChI=1S/C8H13ClN4O/c1-12-10-7(9)6-8(11-12)13-2-4-14-5-3-13/h6,10H,2-5H2,1H3. The highest BCUT2D eigenvalue weighted by molar-refractivity contribution is 6.30. The van der Waals surface area contributed by atoms with E-state index in [2.05, 4.69) is 15.4 Å². The number of hydrazone groups is 1. The van der Waals surface area contributed by atoms with Crippen LogP contribution in [0.15, 0.2) is 16.3 Å². The zero-order valence-corrected chi connectivity index (χ0v) is 8.79. The Morgan fingerprint density at radius 3 is 2.86 bits per heavy atom. The molecule has 0 aliphatic carbocycles. The highest BCUT2D eigenvalue weighted by Crippen LogP contribution is 2.09. The Morgan fingerprint density at radius 2 is 2.21 bits per heavy atom. The minimum atomic E-state index is 0.587. The molecule has 2 aliphatic rings. The van der Waals surface area contributed by atoms with E-state index in [0.717, 1.165) is 32.1 Å². The fraction of sp³-hybridized carbons (Fsp3) is 0.625. The highest BCUT2D eigenvalue weighted by atomic mass is 35.5. The lowest BCUT2D eigenvalue weighted by Crippen LogP contribution is -2.44. The van der Waals surface area contributed by atoms with Crippen molar-refractivity contribution in [2.45, 2.75) is 0 Å². The van der Waals surface area contributed by atoms with Crippen molar-refractivity contribution in [1.29, 1.82) is 0 Å². The molecule has 0 radical (unpaired) electrons. The molecule has 0 spiro atoms. The van der Waals surface area contributed by atoms with Gasteiger partial charge in [-0.15, -0.1) is 5.10 Å². The summed E-state index contributed by atoms with van der Waals surface area (Å²) in [6, 6.07) is 0. The Balaban J connectivity index is 2.08. The predicted octanol–water partition coefficient (Wildman–Crippen LogP) is 0.162. The summed E-state index contributed by atoms with van der Waals surface area (Å²) in [4.78, 5) is 2.16. The summed E-state index contributed by atoms with van der Waals surface area (Å²) < 4.78 is 5.26. The number of hydrazine groups is 1. The Labute approximate surface area is 87.9 Å². The molecule has 0 aromatic heterocycles. The second-order valence-corrected chi connectivity index (χ2v) is 3.59. The SMILES string of the molecule is CN1N=C(N2CCOCC2)C=C(Cl)N1. The Hall–Kier alpha value is -0.940. The summed E-state index contributed by atoms with van der Waals surface area (Å²) in [5.41, 5.74) is 2.86. The van der Waals surface area contributed by atoms with Gasteiger partial charge in [-0.05, 0) is 0 Å². The van der Waals surface area contributed by atoms with Gasteiger partial charge < -0.3 is 9.64 Å². The lowest BCUT2D eigenvalue weighted by Gasteiger charge is -2.31. The van der Waals surface area contributed by atoms with Crippen LogP contribution in [0.5, 0.6) is 0 Å². The smallest absolute Gasteiger partial charge is 0.153 e. The van der Waals surface area contributed by atoms with Crippen molar-refractivity contribution in [2.75, 3.05) is 33.4 Å². The molecule has 1 fully saturated rings. The van der Waals surface area contributed by atoms with Gasteiger partial charge in [-0.3, -0.25) is 5.43 Å². The van der Waals surface area contributed by atoms with Crippen LogP contribution in [0.4, 0.5) is 0 Å². The van der Waals surface area contributed by atoms with E-state index >= 15 is 0 Å². The summed E-state index contributed by atoms with van der Waals surface area (Å²) in [6.07, 6.45) is 1.83. The maximum atomic E-state index is 5.90. The lowest BCUT2D eigenvalue weighted by molar-refractivity contribution is 0.0670. The maximum absolute atomic E-state index is 5.90. The first-order chi connectivity index (χ1) is 6.75. The van der Waals surface area contributed by atoms with Gasteiger partial charge in [-0.25, -0.2) is 5.12 Å². The van der Waals surface area contributed by atoms with Crippen LogP contribution in [0.2, 0.25) is 0 Å². The number of rotatable bonds is 0. The molecular formula is C8H13ClN4O. The lowest BCUT2D eigenvalue weighted by atomic mass is 10.4. The average Bonchev–Trinajstić information content (AvgIpc) is 2.18. The molecule has 1 saturated heterocycles. The predicted molar refractivity (Wildman–Crippen MR) is 54.7 cm³/mol. The van der Waals surface area contributed by atoms with Crippen molar-refractivity contribution < 1.29 is 4.74 Å². The Kier molecular flexibility index (Phi) is 2.79. The van der Waals surface area contributed by atoms with E-state index in [0.29, 0.717) is 5.16 Å². The molecule has 6 heteroatoms. The van der Waals surface area contributed by atoms with Crippen LogP contribution in [0.3, 0.4) is 0 Å². The van der Waals surface area contributed by atoms with Gasteiger partial charge in [0.2, 0.25) is 0 Å². The number of amidine groups is 1. The van der Waals surface area contributed by atoms with Crippen molar-refractivity contribution >= 4 is 17.4 Å². The number of nitrogens with zero attached hydrogens (tertiary/aromatic N) is 3. The molecule has 2 aliphatic heterocycles. The van der Waals surface area contributed by atoms with E-state index in [-0.39, 0.29) is 0 Å². The van der Waals surface area contributed by atoms with E-state index in [9.17, 15) is 0 Å². The summed E-state index contributed by atoms with van der Waals surface area (Å²) in [5, 5.41) is 6.50. The fourth-order valence-corrected chi connectivity index (χ4v) is 1.67. The average molecular weight is 217 g/mol. The van der Waals surface area contributed by atoms with Crippen LogP contribution in [0, 0.1) is 0 Å².